The molecule has 0 unspecified atom stereocenters. The Kier molecular flexibility index (Phi) is 12.1. The van der Waals surface area contributed by atoms with Crippen molar-refractivity contribution >= 4 is 39.4 Å². The van der Waals surface area contributed by atoms with Gasteiger partial charge in [-0.15, -0.1) is 5.92 Å². The summed E-state index contributed by atoms with van der Waals surface area (Å²) in [5, 5.41) is 29.4. The highest BCUT2D eigenvalue weighted by atomic mass is 33.1. The van der Waals surface area contributed by atoms with Gasteiger partial charge in [0.2, 0.25) is 5.91 Å². The van der Waals surface area contributed by atoms with Crippen LogP contribution in [-0.4, -0.2) is 74.0 Å². The van der Waals surface area contributed by atoms with Crippen molar-refractivity contribution in [3.8, 4) is 23.3 Å². The molecule has 10 nitrogen and oxygen atoms in total. The van der Waals surface area contributed by atoms with Crippen LogP contribution in [-0.2, 0) is 27.3 Å². The van der Waals surface area contributed by atoms with Gasteiger partial charge in [0.25, 0.3) is 0 Å². The zero-order valence-corrected chi connectivity index (χ0v) is 45.9. The number of hydrogen-bond acceptors (Lipinski definition) is 11. The Morgan fingerprint density at radius 2 is 1.79 bits per heavy atom. The van der Waals surface area contributed by atoms with Crippen molar-refractivity contribution in [1.29, 1.82) is 0 Å². The first-order valence-electron chi connectivity index (χ1n) is 29.7. The number of carbonyl (C=O) groups is 2. The van der Waals surface area contributed by atoms with E-state index < -0.39 is 28.1 Å². The minimum Gasteiger partial charge on any atom is -0.504 e. The van der Waals surface area contributed by atoms with Crippen molar-refractivity contribution in [3.05, 3.63) is 70.8 Å². The van der Waals surface area contributed by atoms with E-state index in [2.05, 4.69) is 87.3 Å². The number of rotatable bonds is 2. The zero-order valence-electron chi connectivity index (χ0n) is 44.3. The number of aromatic hydroxyl groups is 1. The van der Waals surface area contributed by atoms with Gasteiger partial charge in [-0.3, -0.25) is 14.6 Å². The van der Waals surface area contributed by atoms with Gasteiger partial charge >= 0.3 is 5.97 Å². The fourth-order valence-electron chi connectivity index (χ4n) is 19.8. The number of phenolic OH excluding ortho intramolecular Hbond substituents is 1. The minimum absolute atomic E-state index is 0.0199. The van der Waals surface area contributed by atoms with Crippen LogP contribution in [0.15, 0.2) is 53.5 Å². The molecule has 0 radical (unpaired) electrons. The van der Waals surface area contributed by atoms with Gasteiger partial charge in [-0.2, -0.15) is 0 Å². The SMILES string of the molecule is CC(=O)O[C@]12C[C@@H]3CC[C@@H]1Cc1cc(c(O)c4c1[C@@H]1C=C[C@]5(CCC[C@H]5C1)O4)CN1C[C@@]4(CC1=O)[C@@H](c1ccccc1)CC[C@]41C#CC[C@H]4CC[C@]5(CCC[C@@]5(NC(N)=NC1)SSCC1CCC(CC1)[C@@H]3[C@H](O)C2)C4. The van der Waals surface area contributed by atoms with Gasteiger partial charge in [-0.25, -0.2) is 0 Å². The molecule has 400 valence electrons. The molecule has 1 saturated heterocycles. The Labute approximate surface area is 453 Å². The molecular weight excluding hydrogens is 973 g/mol. The third-order valence-corrected chi connectivity index (χ3v) is 26.6. The van der Waals surface area contributed by atoms with Crippen LogP contribution >= 0.6 is 21.6 Å². The van der Waals surface area contributed by atoms with Crippen molar-refractivity contribution in [2.24, 2.45) is 68.4 Å². The molecule has 18 rings (SSSR count). The predicted octanol–water partition coefficient (Wildman–Crippen LogP) is 11.5. The highest BCUT2D eigenvalue weighted by Gasteiger charge is 2.65. The third-order valence-electron chi connectivity index (χ3n) is 23.3. The number of hydrogen-bond donors (Lipinski definition) is 4. The van der Waals surface area contributed by atoms with E-state index in [4.69, 9.17) is 20.2 Å². The Morgan fingerprint density at radius 1 is 0.933 bits per heavy atom. The molecule has 16 bridgehead atoms. The van der Waals surface area contributed by atoms with Crippen LogP contribution in [0.2, 0.25) is 0 Å². The van der Waals surface area contributed by atoms with Gasteiger partial charge in [0.1, 0.15) is 16.1 Å². The standard InChI is InChI=1S/C63H80N4O6S2/c1-39(68)72-62-32-45-16-17-49(62)30-46-28-47(55(71)56-54(46)44-19-27-61(73-56)23-6-11-48(61)29-44)35-67-38-60(34-52(67)70)50(42-9-3-2-4-10-42)20-26-59(60)21-5-8-40-18-25-58(31-40)22-7-24-63(58,66-57(64)65-37-59)75-74-36-41-12-14-43(15-13-41)53(45)51(69)33-62/h2-4,9-10,19,27-28,40-41,43-45,48-51,53,69,71H,6-8,11-18,20,22-26,29-38H2,1H3,(H3,64,65,66)/t40-,41?,43?,44+,45-,48-,49+,50+,51+,53-,58+,59-,60-,61-,62-,63+/m0/s1. The number of esters is 1. The van der Waals surface area contributed by atoms with Gasteiger partial charge in [0.15, 0.2) is 17.5 Å². The van der Waals surface area contributed by atoms with Crippen molar-refractivity contribution in [1.82, 2.24) is 10.2 Å². The van der Waals surface area contributed by atoms with E-state index in [0.29, 0.717) is 79.2 Å². The molecule has 2 aromatic rings. The summed E-state index contributed by atoms with van der Waals surface area (Å²) in [5.74, 6) is 12.7. The normalized spacial score (nSPS) is 44.4. The van der Waals surface area contributed by atoms with E-state index in [9.17, 15) is 15.0 Å². The van der Waals surface area contributed by atoms with Gasteiger partial charge < -0.3 is 35.6 Å². The Morgan fingerprint density at radius 3 is 2.64 bits per heavy atom. The number of benzene rings is 2. The molecule has 14 atom stereocenters. The number of allylic oxidation sites excluding steroid dienone is 1. The maximum absolute atomic E-state index is 15.3. The van der Waals surface area contributed by atoms with Crippen molar-refractivity contribution in [3.63, 3.8) is 0 Å². The van der Waals surface area contributed by atoms with Gasteiger partial charge in [-0.05, 0) is 187 Å². The van der Waals surface area contributed by atoms with E-state index in [1.807, 2.05) is 4.90 Å². The maximum atomic E-state index is 15.3. The highest BCUT2D eigenvalue weighted by Crippen LogP contribution is 2.68. The number of nitrogens with zero attached hydrogens (tertiary/aromatic N) is 2. The number of amides is 1. The topological polar surface area (TPSA) is 147 Å². The molecule has 5 spiro atoms. The van der Waals surface area contributed by atoms with Crippen LogP contribution in [0.3, 0.4) is 0 Å². The predicted molar refractivity (Wildman–Crippen MR) is 296 cm³/mol. The number of nitrogens with one attached hydrogen (secondary N) is 1. The van der Waals surface area contributed by atoms with Crippen LogP contribution in [0, 0.1) is 69.5 Å². The molecule has 16 aliphatic rings. The summed E-state index contributed by atoms with van der Waals surface area (Å²) in [6, 6.07) is 13.0. The maximum Gasteiger partial charge on any atom is 0.303 e. The highest BCUT2D eigenvalue weighted by molar-refractivity contribution is 8.77. The minimum atomic E-state index is -0.785. The average molecular weight is 1050 g/mol. The second-order valence-corrected chi connectivity index (χ2v) is 29.4. The largest absolute Gasteiger partial charge is 0.504 e. The number of aliphatic imine (C=N–C) groups is 1. The molecule has 0 aromatic heterocycles. The van der Waals surface area contributed by atoms with Crippen molar-refractivity contribution < 1.29 is 29.3 Å². The molecule has 8 aliphatic heterocycles. The molecule has 2 aromatic carbocycles. The number of carbonyl (C=O) groups excluding carboxylic acids is 2. The molecule has 75 heavy (non-hydrogen) atoms. The molecule has 8 heterocycles. The van der Waals surface area contributed by atoms with Gasteiger partial charge in [0.05, 0.1) is 18.1 Å². The van der Waals surface area contributed by atoms with E-state index >= 15 is 4.79 Å². The number of ether oxygens (including phenoxy) is 2. The lowest BCUT2D eigenvalue weighted by Gasteiger charge is -2.56. The summed E-state index contributed by atoms with van der Waals surface area (Å²) in [5.41, 5.74) is 9.12. The lowest BCUT2D eigenvalue weighted by atomic mass is 9.54. The number of nitrogens with two attached hydrogens (primary N) is 1. The fourth-order valence-corrected chi connectivity index (χ4v) is 23.8. The lowest BCUT2D eigenvalue weighted by molar-refractivity contribution is -0.199. The molecule has 12 heteroatoms. The second-order valence-electron chi connectivity index (χ2n) is 26.8. The quantitative estimate of drug-likeness (QED) is 0.0992. The first kappa shape index (κ1) is 49.5. The Balaban J connectivity index is 0.901. The monoisotopic (exact) mass is 1050 g/mol. The average Bonchev–Trinajstić information content (AvgIpc) is 4.34. The van der Waals surface area contributed by atoms with Crippen LogP contribution in [0.1, 0.15) is 182 Å². The lowest BCUT2D eigenvalue weighted by Crippen LogP contribution is -2.58. The molecule has 8 fully saturated rings. The summed E-state index contributed by atoms with van der Waals surface area (Å²) in [6.07, 6.45) is 26.5. The number of aliphatic hydroxyl groups is 1. The number of guanidine groups is 1. The molecular formula is C63H80N4O6S2. The summed E-state index contributed by atoms with van der Waals surface area (Å²) >= 11 is 0. The van der Waals surface area contributed by atoms with Crippen LogP contribution in [0.4, 0.5) is 0 Å². The van der Waals surface area contributed by atoms with Crippen LogP contribution in [0.5, 0.6) is 11.5 Å². The first-order valence-corrected chi connectivity index (χ1v) is 32.0. The summed E-state index contributed by atoms with van der Waals surface area (Å²) < 4.78 is 14.0. The summed E-state index contributed by atoms with van der Waals surface area (Å²) in [6.45, 7) is 2.72. The van der Waals surface area contributed by atoms with Crippen molar-refractivity contribution in [2.45, 2.75) is 195 Å². The van der Waals surface area contributed by atoms with Gasteiger partial charge in [0, 0.05) is 84.7 Å². The zero-order chi connectivity index (χ0) is 51.0. The number of fused-ring (bicyclic) bond motifs is 1. The Hall–Kier alpha value is -3.79. The smallest absolute Gasteiger partial charge is 0.303 e. The first-order chi connectivity index (χ1) is 36.3. The second kappa shape index (κ2) is 18.4. The third kappa shape index (κ3) is 7.83. The van der Waals surface area contributed by atoms with E-state index in [1.54, 1.807) is 6.92 Å². The van der Waals surface area contributed by atoms with Crippen molar-refractivity contribution in [2.75, 3.05) is 18.8 Å². The summed E-state index contributed by atoms with van der Waals surface area (Å²) in [7, 11) is 4.13. The molecule has 5 N–H and O–H groups in total. The van der Waals surface area contributed by atoms with E-state index in [-0.39, 0.29) is 58.1 Å². The van der Waals surface area contributed by atoms with Crippen LogP contribution < -0.4 is 15.8 Å². The van der Waals surface area contributed by atoms with E-state index in [1.165, 1.54) is 44.1 Å². The molecule has 7 saturated carbocycles. The Bertz CT molecular complexity index is 2750. The number of aliphatic hydroxyl groups excluding tert-OH is 1. The fraction of sp³-hybridized carbons (Fsp3) is 0.698. The molecule has 8 aliphatic carbocycles. The van der Waals surface area contributed by atoms with E-state index in [0.717, 1.165) is 107 Å². The number of phenols is 1. The van der Waals surface area contributed by atoms with Crippen LogP contribution in [0.25, 0.3) is 0 Å². The van der Waals surface area contributed by atoms with Gasteiger partial charge in [-0.1, -0.05) is 63.9 Å². The summed E-state index contributed by atoms with van der Waals surface area (Å²) in [4.78, 5) is 35.9. The molecule has 1 amide bonds.